The van der Waals surface area contributed by atoms with E-state index in [0.717, 1.165) is 6.20 Å². The molecule has 4 rings (SSSR count). The molecular formula is C17H17ClFN2O8P. The van der Waals surface area contributed by atoms with Crippen LogP contribution < -0.4 is 15.8 Å². The largest absolute Gasteiger partial charge is 0.530 e. The third-order valence-electron chi connectivity index (χ3n) is 4.49. The Hall–Kier alpha value is -2.01. The lowest BCUT2D eigenvalue weighted by molar-refractivity contribution is -0.179. The summed E-state index contributed by atoms with van der Waals surface area (Å²) in [5.74, 6) is -3.22. The number of rotatable bonds is 4. The Bertz CT molecular complexity index is 1240. The molecule has 2 N–H and O–H groups in total. The molecule has 0 radical (unpaired) electrons. The number of benzene rings is 1. The lowest BCUT2D eigenvalue weighted by atomic mass is 10.1. The number of H-pyrrole nitrogens is 1. The van der Waals surface area contributed by atoms with Gasteiger partial charge in [-0.25, -0.2) is 13.8 Å². The van der Waals surface area contributed by atoms with Crippen LogP contribution in [0, 0.1) is 6.92 Å². The number of aliphatic hydroxyl groups is 1. The second-order valence-corrected chi connectivity index (χ2v) is 8.65. The second-order valence-electron chi connectivity index (χ2n) is 6.72. The number of nitrogens with one attached hydrogen (secondary N) is 1. The van der Waals surface area contributed by atoms with Crippen molar-refractivity contribution in [1.29, 1.82) is 0 Å². The number of nitrogens with zero attached hydrogens (tertiary/aromatic N) is 1. The van der Waals surface area contributed by atoms with Crippen LogP contribution in [0.2, 0.25) is 5.02 Å². The zero-order chi connectivity index (χ0) is 23.5. The molecule has 1 aromatic carbocycles. The van der Waals surface area contributed by atoms with Gasteiger partial charge in [0, 0.05) is 18.2 Å². The maximum Gasteiger partial charge on any atom is 0.530 e. The van der Waals surface area contributed by atoms with E-state index in [4.69, 9.17) is 32.7 Å². The van der Waals surface area contributed by atoms with Crippen LogP contribution in [-0.2, 0) is 25.0 Å². The Morgan fingerprint density at radius 3 is 3.07 bits per heavy atom. The van der Waals surface area contributed by atoms with Gasteiger partial charge >= 0.3 is 13.5 Å². The number of para-hydroxylation sites is 1. The molecule has 3 heterocycles. The first-order valence-electron chi connectivity index (χ1n) is 9.63. The maximum absolute atomic E-state index is 15.6. The molecule has 2 aliphatic heterocycles. The predicted molar refractivity (Wildman–Crippen MR) is 101 cm³/mol. The van der Waals surface area contributed by atoms with Crippen molar-refractivity contribution in [3.63, 3.8) is 0 Å². The van der Waals surface area contributed by atoms with Crippen molar-refractivity contribution >= 4 is 19.4 Å². The van der Waals surface area contributed by atoms with E-state index >= 15 is 4.39 Å². The molecule has 2 aromatic rings. The van der Waals surface area contributed by atoms with Crippen LogP contribution in [0.5, 0.6) is 5.75 Å². The Kier molecular flexibility index (Phi) is 4.74. The minimum Gasteiger partial charge on any atom is -0.403 e. The average Bonchev–Trinajstić information content (AvgIpc) is 3.01. The molecule has 162 valence electrons. The lowest BCUT2D eigenvalue weighted by Gasteiger charge is -2.28. The van der Waals surface area contributed by atoms with Crippen LogP contribution in [0.15, 0.2) is 34.0 Å². The van der Waals surface area contributed by atoms with Crippen LogP contribution in [0.4, 0.5) is 4.39 Å². The summed E-state index contributed by atoms with van der Waals surface area (Å²) in [7, 11) is -4.64. The molecule has 0 saturated carbocycles. The van der Waals surface area contributed by atoms with E-state index < -0.39 is 55.3 Å². The minimum absolute atomic E-state index is 0.158. The summed E-state index contributed by atoms with van der Waals surface area (Å²) in [4.78, 5) is 25.3. The highest BCUT2D eigenvalue weighted by molar-refractivity contribution is 7.49. The van der Waals surface area contributed by atoms with Gasteiger partial charge in [0.05, 0.1) is 9.35 Å². The van der Waals surface area contributed by atoms with E-state index in [1.165, 1.54) is 0 Å². The number of aromatic amines is 1. The highest BCUT2D eigenvalue weighted by Crippen LogP contribution is 2.56. The normalized spacial score (nSPS) is 32.1. The SMILES string of the molecule is [2H]C([2H])(OP1(=O)OCc2cccc(C)c2O1)[C@]1(F)C[C@@H](O)[C@H](n2cc(Cl)c(=O)[nH]c2=O)O1. The average molecular weight is 465 g/mol. The van der Waals surface area contributed by atoms with E-state index in [2.05, 4.69) is 0 Å². The van der Waals surface area contributed by atoms with Gasteiger partial charge in [0.15, 0.2) is 6.23 Å². The van der Waals surface area contributed by atoms with Gasteiger partial charge in [-0.15, -0.1) is 0 Å². The summed E-state index contributed by atoms with van der Waals surface area (Å²) >= 11 is 5.67. The molecule has 1 saturated heterocycles. The van der Waals surface area contributed by atoms with Crippen molar-refractivity contribution in [2.75, 3.05) is 6.56 Å². The number of phosphoric ester groups is 1. The number of ether oxygens (including phenoxy) is 1. The summed E-state index contributed by atoms with van der Waals surface area (Å²) < 4.78 is 65.3. The number of hydrogen-bond donors (Lipinski definition) is 2. The van der Waals surface area contributed by atoms with Gasteiger partial charge < -0.3 is 14.4 Å². The van der Waals surface area contributed by atoms with Gasteiger partial charge in [0.1, 0.15) is 23.4 Å². The minimum atomic E-state index is -4.64. The third-order valence-corrected chi connectivity index (χ3v) is 5.93. The zero-order valence-corrected chi connectivity index (χ0v) is 17.0. The predicted octanol–water partition coefficient (Wildman–Crippen LogP) is 2.18. The van der Waals surface area contributed by atoms with Crippen molar-refractivity contribution in [3.05, 3.63) is 61.4 Å². The molecule has 0 aliphatic carbocycles. The number of phosphoric acid groups is 1. The number of aliphatic hydroxyl groups excluding tert-OH is 1. The van der Waals surface area contributed by atoms with Crippen LogP contribution in [0.1, 0.15) is 26.5 Å². The number of alkyl halides is 1. The Balaban J connectivity index is 1.60. The van der Waals surface area contributed by atoms with Crippen LogP contribution in [-0.4, -0.2) is 33.2 Å². The highest BCUT2D eigenvalue weighted by atomic mass is 35.5. The Labute approximate surface area is 176 Å². The molecule has 0 bridgehead atoms. The van der Waals surface area contributed by atoms with E-state index in [0.29, 0.717) is 15.7 Å². The first-order chi connectivity index (χ1) is 14.8. The molecule has 0 amide bonds. The first-order valence-corrected chi connectivity index (χ1v) is 10.5. The topological polar surface area (TPSA) is 129 Å². The van der Waals surface area contributed by atoms with Gasteiger partial charge in [0.2, 0.25) is 5.85 Å². The molecule has 4 atom stereocenters. The van der Waals surface area contributed by atoms with Crippen LogP contribution in [0.25, 0.3) is 0 Å². The maximum atomic E-state index is 15.6. The molecule has 2 aliphatic rings. The van der Waals surface area contributed by atoms with Gasteiger partial charge in [-0.05, 0) is 12.5 Å². The number of fused-ring (bicyclic) bond motifs is 1. The Morgan fingerprint density at radius 1 is 1.53 bits per heavy atom. The molecule has 1 fully saturated rings. The van der Waals surface area contributed by atoms with Crippen molar-refractivity contribution in [2.45, 2.75) is 38.1 Å². The lowest BCUT2D eigenvalue weighted by Crippen LogP contribution is -2.36. The standard InChI is InChI=1S/C17H17ClFN2O8P/c1-9-3-2-4-10-7-26-30(25,29-13(9)10)27-8-17(19)5-12(22)15(28-17)21-6-11(18)14(23)20-16(21)24/h2-4,6,12,15,22H,5,7-8H2,1H3,(H,20,23,24)/t12-,15-,17+,30?/m1/s1/i8D2. The monoisotopic (exact) mass is 464 g/mol. The number of hydrogen-bond acceptors (Lipinski definition) is 8. The molecular weight excluding hydrogens is 446 g/mol. The van der Waals surface area contributed by atoms with Gasteiger partial charge in [-0.1, -0.05) is 29.8 Å². The molecule has 13 heteroatoms. The fourth-order valence-electron chi connectivity index (χ4n) is 3.06. The highest BCUT2D eigenvalue weighted by Gasteiger charge is 2.50. The van der Waals surface area contributed by atoms with E-state index in [1.54, 1.807) is 25.1 Å². The third kappa shape index (κ3) is 3.96. The molecule has 1 aromatic heterocycles. The fourth-order valence-corrected chi connectivity index (χ4v) is 4.38. The fraction of sp³-hybridized carbons (Fsp3) is 0.412. The number of aromatic nitrogens is 2. The summed E-state index contributed by atoms with van der Waals surface area (Å²) in [5.41, 5.74) is -0.872. The quantitative estimate of drug-likeness (QED) is 0.659. The first kappa shape index (κ1) is 18.7. The molecule has 10 nitrogen and oxygen atoms in total. The van der Waals surface area contributed by atoms with Crippen molar-refractivity contribution in [3.8, 4) is 5.75 Å². The smallest absolute Gasteiger partial charge is 0.403 e. The van der Waals surface area contributed by atoms with E-state index in [-0.39, 0.29) is 12.4 Å². The van der Waals surface area contributed by atoms with Gasteiger partial charge in [-0.2, -0.15) is 0 Å². The molecule has 1 unspecified atom stereocenters. The second kappa shape index (κ2) is 7.60. The van der Waals surface area contributed by atoms with Crippen LogP contribution >= 0.6 is 19.4 Å². The van der Waals surface area contributed by atoms with Gasteiger partial charge in [0.25, 0.3) is 5.56 Å². The van der Waals surface area contributed by atoms with E-state index in [1.807, 2.05) is 4.98 Å². The van der Waals surface area contributed by atoms with Gasteiger partial charge in [-0.3, -0.25) is 23.4 Å². The van der Waals surface area contributed by atoms with E-state index in [9.17, 15) is 19.3 Å². The summed E-state index contributed by atoms with van der Waals surface area (Å²) in [6.45, 7) is -2.02. The summed E-state index contributed by atoms with van der Waals surface area (Å²) in [6.07, 6.45) is -3.72. The number of halogens is 2. The van der Waals surface area contributed by atoms with Crippen molar-refractivity contribution < 1.29 is 35.1 Å². The number of aryl methyl sites for hydroxylation is 1. The van der Waals surface area contributed by atoms with Crippen LogP contribution in [0.3, 0.4) is 0 Å². The Morgan fingerprint density at radius 2 is 2.30 bits per heavy atom. The van der Waals surface area contributed by atoms with Crippen molar-refractivity contribution in [1.82, 2.24) is 9.55 Å². The zero-order valence-electron chi connectivity index (χ0n) is 17.3. The molecule has 0 spiro atoms. The van der Waals surface area contributed by atoms with Crippen molar-refractivity contribution in [2.24, 2.45) is 0 Å². The molecule has 30 heavy (non-hydrogen) atoms. The summed E-state index contributed by atoms with van der Waals surface area (Å²) in [6, 6.07) is 5.02. The summed E-state index contributed by atoms with van der Waals surface area (Å²) in [5, 5.41) is 9.80.